The zero-order valence-corrected chi connectivity index (χ0v) is 17.8. The Kier molecular flexibility index (Phi) is 6.53. The number of ether oxygens (including phenoxy) is 2. The zero-order chi connectivity index (χ0) is 20.2. The molecule has 1 saturated heterocycles. The summed E-state index contributed by atoms with van der Waals surface area (Å²) in [5.41, 5.74) is 2.19. The molecule has 1 unspecified atom stereocenters. The number of nitrogens with one attached hydrogen (secondary N) is 1. The molecule has 2 aliphatic heterocycles. The van der Waals surface area contributed by atoms with E-state index in [-0.39, 0.29) is 12.1 Å². The van der Waals surface area contributed by atoms with E-state index < -0.39 is 0 Å². The maximum atomic E-state index is 12.5. The fraction of sp³-hybridized carbons (Fsp3) is 0.773. The fourth-order valence-electron chi connectivity index (χ4n) is 4.01. The number of carbonyl (C=O) groups excluding carboxylic acids is 1. The van der Waals surface area contributed by atoms with Crippen LogP contribution in [0.4, 0.5) is 4.79 Å². The van der Waals surface area contributed by atoms with Gasteiger partial charge >= 0.3 is 6.03 Å². The molecule has 0 spiro atoms. The van der Waals surface area contributed by atoms with Gasteiger partial charge in [0.1, 0.15) is 11.9 Å². The SMILES string of the molecule is CC(C)CCNC(=O)N1CCCC(Oc2nc(C3CC3)nc3c2CCOCC3)C1. The molecule has 1 atom stereocenters. The summed E-state index contributed by atoms with van der Waals surface area (Å²) in [4.78, 5) is 24.1. The number of nitrogens with zero attached hydrogens (tertiary/aromatic N) is 3. The van der Waals surface area contributed by atoms with Crippen LogP contribution < -0.4 is 10.1 Å². The summed E-state index contributed by atoms with van der Waals surface area (Å²) in [5, 5.41) is 3.05. The number of likely N-dealkylation sites (tertiary alicyclic amines) is 1. The fourth-order valence-corrected chi connectivity index (χ4v) is 4.01. The van der Waals surface area contributed by atoms with Crippen LogP contribution in [0.2, 0.25) is 0 Å². The van der Waals surface area contributed by atoms with Gasteiger partial charge in [-0.05, 0) is 38.0 Å². The third kappa shape index (κ3) is 5.38. The summed E-state index contributed by atoms with van der Waals surface area (Å²) in [5.74, 6) is 2.74. The van der Waals surface area contributed by atoms with E-state index in [1.807, 2.05) is 4.90 Å². The minimum absolute atomic E-state index is 0.0187. The number of hydrogen-bond acceptors (Lipinski definition) is 5. The molecule has 0 bridgehead atoms. The van der Waals surface area contributed by atoms with Gasteiger partial charge in [0, 0.05) is 37.4 Å². The molecular formula is C22H34N4O3. The largest absolute Gasteiger partial charge is 0.472 e. The number of urea groups is 1. The van der Waals surface area contributed by atoms with Gasteiger partial charge in [-0.25, -0.2) is 9.78 Å². The van der Waals surface area contributed by atoms with Gasteiger partial charge in [-0.15, -0.1) is 0 Å². The minimum atomic E-state index is -0.0187. The molecule has 1 saturated carbocycles. The molecule has 160 valence electrons. The number of rotatable bonds is 6. The molecule has 0 radical (unpaired) electrons. The van der Waals surface area contributed by atoms with Crippen molar-refractivity contribution in [2.75, 3.05) is 32.8 Å². The highest BCUT2D eigenvalue weighted by molar-refractivity contribution is 5.74. The summed E-state index contributed by atoms with van der Waals surface area (Å²) >= 11 is 0. The third-order valence-corrected chi connectivity index (χ3v) is 5.94. The van der Waals surface area contributed by atoms with Crippen molar-refractivity contribution < 1.29 is 14.3 Å². The van der Waals surface area contributed by atoms with Crippen molar-refractivity contribution in [3.8, 4) is 5.88 Å². The maximum absolute atomic E-state index is 12.5. The maximum Gasteiger partial charge on any atom is 0.317 e. The zero-order valence-electron chi connectivity index (χ0n) is 17.8. The van der Waals surface area contributed by atoms with Gasteiger partial charge in [-0.3, -0.25) is 0 Å². The van der Waals surface area contributed by atoms with Crippen molar-refractivity contribution >= 4 is 6.03 Å². The molecule has 1 aromatic heterocycles. The van der Waals surface area contributed by atoms with E-state index in [0.717, 1.165) is 68.2 Å². The molecule has 3 aliphatic rings. The summed E-state index contributed by atoms with van der Waals surface area (Å²) in [6.07, 6.45) is 6.83. The molecule has 2 amide bonds. The summed E-state index contributed by atoms with van der Waals surface area (Å²) in [7, 11) is 0. The van der Waals surface area contributed by atoms with E-state index in [0.29, 0.717) is 31.6 Å². The van der Waals surface area contributed by atoms with Crippen LogP contribution in [0.15, 0.2) is 0 Å². The lowest BCUT2D eigenvalue weighted by molar-refractivity contribution is 0.0960. The van der Waals surface area contributed by atoms with Crippen LogP contribution in [0.3, 0.4) is 0 Å². The molecule has 2 fully saturated rings. The van der Waals surface area contributed by atoms with Crippen LogP contribution in [0, 0.1) is 5.92 Å². The highest BCUT2D eigenvalue weighted by Gasteiger charge is 2.31. The molecule has 7 nitrogen and oxygen atoms in total. The Morgan fingerprint density at radius 2 is 2.07 bits per heavy atom. The van der Waals surface area contributed by atoms with E-state index in [4.69, 9.17) is 19.4 Å². The monoisotopic (exact) mass is 402 g/mol. The van der Waals surface area contributed by atoms with Crippen LogP contribution in [0.1, 0.15) is 69.0 Å². The smallest absolute Gasteiger partial charge is 0.317 e. The van der Waals surface area contributed by atoms with Gasteiger partial charge in [-0.2, -0.15) is 4.98 Å². The minimum Gasteiger partial charge on any atom is -0.472 e. The summed E-state index contributed by atoms with van der Waals surface area (Å²) in [6, 6.07) is 0.0209. The van der Waals surface area contributed by atoms with Crippen LogP contribution >= 0.6 is 0 Å². The molecule has 7 heteroatoms. The Labute approximate surface area is 173 Å². The Bertz CT molecular complexity index is 720. The van der Waals surface area contributed by atoms with Gasteiger partial charge in [0.05, 0.1) is 25.5 Å². The van der Waals surface area contributed by atoms with Gasteiger partial charge in [0.15, 0.2) is 0 Å². The Hall–Kier alpha value is -1.89. The van der Waals surface area contributed by atoms with Gasteiger partial charge in [0.2, 0.25) is 5.88 Å². The second-order valence-corrected chi connectivity index (χ2v) is 8.94. The molecule has 3 heterocycles. The van der Waals surface area contributed by atoms with Crippen LogP contribution in [0.25, 0.3) is 0 Å². The molecule has 0 aromatic carbocycles. The highest BCUT2D eigenvalue weighted by atomic mass is 16.5. The molecule has 1 N–H and O–H groups in total. The molecule has 4 rings (SSSR count). The predicted octanol–water partition coefficient (Wildman–Crippen LogP) is 3.07. The number of carbonyl (C=O) groups is 1. The van der Waals surface area contributed by atoms with Crippen molar-refractivity contribution in [1.29, 1.82) is 0 Å². The lowest BCUT2D eigenvalue weighted by atomic mass is 10.1. The molecule has 1 aromatic rings. The van der Waals surface area contributed by atoms with Gasteiger partial charge in [-0.1, -0.05) is 13.8 Å². The van der Waals surface area contributed by atoms with Gasteiger partial charge < -0.3 is 19.7 Å². The standard InChI is InChI=1S/C22H34N4O3/c1-15(2)7-10-23-22(27)26-11-3-4-17(14-26)29-21-18-8-12-28-13-9-19(18)24-20(25-21)16-5-6-16/h15-17H,3-14H2,1-2H3,(H,23,27). The van der Waals surface area contributed by atoms with Crippen molar-refractivity contribution in [1.82, 2.24) is 20.2 Å². The number of aromatic nitrogens is 2. The quantitative estimate of drug-likeness (QED) is 0.791. The van der Waals surface area contributed by atoms with E-state index in [1.165, 1.54) is 12.8 Å². The first-order chi connectivity index (χ1) is 14.1. The van der Waals surface area contributed by atoms with Crippen LogP contribution in [0.5, 0.6) is 5.88 Å². The number of amides is 2. The number of piperidine rings is 1. The highest BCUT2D eigenvalue weighted by Crippen LogP contribution is 2.40. The van der Waals surface area contributed by atoms with Crippen molar-refractivity contribution in [2.24, 2.45) is 5.92 Å². The number of hydrogen-bond donors (Lipinski definition) is 1. The van der Waals surface area contributed by atoms with E-state index in [1.54, 1.807) is 0 Å². The molecule has 1 aliphatic carbocycles. The summed E-state index contributed by atoms with van der Waals surface area (Å²) < 4.78 is 12.1. The van der Waals surface area contributed by atoms with Crippen LogP contribution in [-0.2, 0) is 17.6 Å². The average molecular weight is 403 g/mol. The first kappa shape index (κ1) is 20.4. The van der Waals surface area contributed by atoms with E-state index >= 15 is 0 Å². The third-order valence-electron chi connectivity index (χ3n) is 5.94. The topological polar surface area (TPSA) is 76.6 Å². The van der Waals surface area contributed by atoms with Gasteiger partial charge in [0.25, 0.3) is 0 Å². The van der Waals surface area contributed by atoms with Crippen molar-refractivity contribution in [3.05, 3.63) is 17.1 Å². The molecule has 29 heavy (non-hydrogen) atoms. The Balaban J connectivity index is 1.43. The second kappa shape index (κ2) is 9.28. The lowest BCUT2D eigenvalue weighted by Gasteiger charge is -2.33. The lowest BCUT2D eigenvalue weighted by Crippen LogP contribution is -2.49. The predicted molar refractivity (Wildman–Crippen MR) is 110 cm³/mol. The van der Waals surface area contributed by atoms with E-state index in [2.05, 4.69) is 19.2 Å². The number of fused-ring (bicyclic) bond motifs is 1. The Morgan fingerprint density at radius 3 is 2.86 bits per heavy atom. The first-order valence-electron chi connectivity index (χ1n) is 11.3. The van der Waals surface area contributed by atoms with Crippen molar-refractivity contribution in [3.63, 3.8) is 0 Å². The van der Waals surface area contributed by atoms with E-state index in [9.17, 15) is 4.79 Å². The average Bonchev–Trinajstić information content (AvgIpc) is 3.55. The normalized spacial score (nSPS) is 22.2. The van der Waals surface area contributed by atoms with Crippen molar-refractivity contribution in [2.45, 2.75) is 70.8 Å². The Morgan fingerprint density at radius 1 is 1.24 bits per heavy atom. The first-order valence-corrected chi connectivity index (χ1v) is 11.3. The second-order valence-electron chi connectivity index (χ2n) is 8.94. The molecular weight excluding hydrogens is 368 g/mol. The van der Waals surface area contributed by atoms with Crippen LogP contribution in [-0.4, -0.2) is 59.9 Å². The summed E-state index contributed by atoms with van der Waals surface area (Å²) in [6.45, 7) is 7.86.